The molecule has 12 heteroatoms. The molecule has 4 unspecified atom stereocenters. The van der Waals surface area contributed by atoms with Crippen molar-refractivity contribution < 1.29 is 38.0 Å². The van der Waals surface area contributed by atoms with Gasteiger partial charge < -0.3 is 28.9 Å². The highest BCUT2D eigenvalue weighted by molar-refractivity contribution is 8.55. The van der Waals surface area contributed by atoms with E-state index < -0.39 is 43.2 Å². The van der Waals surface area contributed by atoms with Gasteiger partial charge in [-0.1, -0.05) is 0 Å². The van der Waals surface area contributed by atoms with Crippen molar-refractivity contribution in [3.05, 3.63) is 0 Å². The van der Waals surface area contributed by atoms with E-state index in [4.69, 9.17) is 39.2 Å². The first-order chi connectivity index (χ1) is 13.0. The van der Waals surface area contributed by atoms with Crippen molar-refractivity contribution in [3.63, 3.8) is 0 Å². The van der Waals surface area contributed by atoms with Crippen LogP contribution in [0.15, 0.2) is 0 Å². The predicted octanol–water partition coefficient (Wildman–Crippen LogP) is 0.962. The Morgan fingerprint density at radius 1 is 1.14 bits per heavy atom. The van der Waals surface area contributed by atoms with Gasteiger partial charge in [0.25, 0.3) is 0 Å². The molecule has 2 fully saturated rings. The Morgan fingerprint density at radius 2 is 1.82 bits per heavy atom. The fourth-order valence-corrected chi connectivity index (χ4v) is 6.40. The lowest BCUT2D eigenvalue weighted by Crippen LogP contribution is -2.38. The minimum absolute atomic E-state index is 0.0105. The molecular formula is C16H29B2O8PS. The summed E-state index contributed by atoms with van der Waals surface area (Å²) in [6.45, 7) is 3.41. The van der Waals surface area contributed by atoms with Gasteiger partial charge in [0.2, 0.25) is 0 Å². The first kappa shape index (κ1) is 24.7. The molecule has 2 saturated heterocycles. The van der Waals surface area contributed by atoms with Crippen molar-refractivity contribution in [2.24, 2.45) is 0 Å². The summed E-state index contributed by atoms with van der Waals surface area (Å²) >= 11 is 0.787. The quantitative estimate of drug-likeness (QED) is 0.385. The van der Waals surface area contributed by atoms with Crippen molar-refractivity contribution in [2.75, 3.05) is 13.2 Å². The van der Waals surface area contributed by atoms with E-state index >= 15 is 0 Å². The molecule has 0 bridgehead atoms. The molecule has 8 nitrogen and oxygen atoms in total. The Morgan fingerprint density at radius 3 is 2.43 bits per heavy atom. The average molecular weight is 434 g/mol. The molecule has 28 heavy (non-hydrogen) atoms. The average Bonchev–Trinajstić information content (AvgIpc) is 3.04. The molecule has 0 amide bonds. The van der Waals surface area contributed by atoms with E-state index in [0.29, 0.717) is 6.42 Å². The van der Waals surface area contributed by atoms with Crippen LogP contribution in [0, 0.1) is 0 Å². The van der Waals surface area contributed by atoms with Crippen molar-refractivity contribution in [3.8, 4) is 0 Å². The SMILES string of the molecule is [B][C@@H]1O[C@H](COP(=O)(O)SC2C[C@H]([B])O[C@@H]2COC(C)C)C(OC(C)C)C1O. The summed E-state index contributed by atoms with van der Waals surface area (Å²) in [4.78, 5) is 10.3. The Hall–Kier alpha value is 0.430. The molecule has 0 aliphatic carbocycles. The lowest BCUT2D eigenvalue weighted by molar-refractivity contribution is -0.0751. The third-order valence-corrected chi connectivity index (χ3v) is 7.73. The van der Waals surface area contributed by atoms with Gasteiger partial charge in [-0.25, -0.2) is 4.57 Å². The molecule has 0 aromatic carbocycles. The number of hydrogen-bond acceptors (Lipinski definition) is 8. The van der Waals surface area contributed by atoms with Gasteiger partial charge in [0.05, 0.1) is 31.5 Å². The molecule has 2 rings (SSSR count). The van der Waals surface area contributed by atoms with E-state index in [1.54, 1.807) is 0 Å². The molecule has 8 atom stereocenters. The Labute approximate surface area is 173 Å². The fourth-order valence-electron chi connectivity index (χ4n) is 3.05. The van der Waals surface area contributed by atoms with Crippen LogP contribution in [0.1, 0.15) is 34.1 Å². The normalized spacial score (nSPS) is 38.4. The van der Waals surface area contributed by atoms with Crippen LogP contribution in [0.2, 0.25) is 0 Å². The second-order valence-electron chi connectivity index (χ2n) is 7.52. The highest BCUT2D eigenvalue weighted by atomic mass is 32.7. The smallest absolute Gasteiger partial charge is 0.387 e. The molecule has 2 heterocycles. The van der Waals surface area contributed by atoms with Crippen LogP contribution in [0.5, 0.6) is 0 Å². The second-order valence-corrected chi connectivity index (χ2v) is 11.5. The second kappa shape index (κ2) is 10.6. The molecule has 0 aromatic rings. The summed E-state index contributed by atoms with van der Waals surface area (Å²) in [5, 5.41) is 9.75. The van der Waals surface area contributed by atoms with Gasteiger partial charge in [-0.05, 0) is 45.5 Å². The predicted molar refractivity (Wildman–Crippen MR) is 108 cm³/mol. The number of rotatable bonds is 10. The minimum Gasteiger partial charge on any atom is -0.388 e. The van der Waals surface area contributed by atoms with Gasteiger partial charge in [-0.15, -0.1) is 0 Å². The third-order valence-electron chi connectivity index (χ3n) is 4.29. The molecule has 2 aliphatic rings. The molecule has 0 saturated carbocycles. The standard InChI is InChI=1S/C16H29B2O8PS/c1-8(2)22-6-10-12(5-13(17)25-10)28-27(20,21)23-7-11-15(24-9(3)4)14(19)16(18)26-11/h8-16,19H,5-7H2,1-4H3,(H,20,21)/t10-,11-,12?,13-,14?,15?,16-/m1/s1. The Bertz CT molecular complexity index is 543. The first-order valence-electron chi connectivity index (χ1n) is 9.41. The maximum Gasteiger partial charge on any atom is 0.387 e. The third kappa shape index (κ3) is 7.29. The number of aliphatic hydroxyl groups is 1. The molecule has 4 radical (unpaired) electrons. The van der Waals surface area contributed by atoms with Gasteiger partial charge in [0, 0.05) is 17.3 Å². The fraction of sp³-hybridized carbons (Fsp3) is 1.00. The van der Waals surface area contributed by atoms with Crippen LogP contribution < -0.4 is 0 Å². The first-order valence-corrected chi connectivity index (χ1v) is 12.5. The highest BCUT2D eigenvalue weighted by Gasteiger charge is 2.44. The van der Waals surface area contributed by atoms with Crippen LogP contribution in [-0.2, 0) is 28.0 Å². The summed E-state index contributed by atoms with van der Waals surface area (Å²) in [6.07, 6.45) is -2.69. The maximum absolute atomic E-state index is 12.6. The summed E-state index contributed by atoms with van der Waals surface area (Å²) in [5.41, 5.74) is 0. The van der Waals surface area contributed by atoms with Crippen LogP contribution in [0.4, 0.5) is 0 Å². The van der Waals surface area contributed by atoms with Crippen LogP contribution in [-0.4, -0.2) is 92.8 Å². The largest absolute Gasteiger partial charge is 0.388 e. The van der Waals surface area contributed by atoms with Crippen LogP contribution in [0.25, 0.3) is 0 Å². The summed E-state index contributed by atoms with van der Waals surface area (Å²) in [6, 6.07) is -1.46. The number of ether oxygens (including phenoxy) is 4. The molecule has 0 aromatic heterocycles. The molecular weight excluding hydrogens is 405 g/mol. The lowest BCUT2D eigenvalue weighted by atomic mass is 9.93. The van der Waals surface area contributed by atoms with Crippen molar-refractivity contribution >= 4 is 33.9 Å². The molecule has 0 spiro atoms. The van der Waals surface area contributed by atoms with Crippen molar-refractivity contribution in [2.45, 2.75) is 88.0 Å². The minimum atomic E-state index is -4.04. The summed E-state index contributed by atoms with van der Waals surface area (Å²) in [5.74, 6) is 0. The van der Waals surface area contributed by atoms with Crippen LogP contribution in [0.3, 0.4) is 0 Å². The van der Waals surface area contributed by atoms with E-state index in [2.05, 4.69) is 0 Å². The Balaban J connectivity index is 1.90. The van der Waals surface area contributed by atoms with Crippen LogP contribution >= 0.6 is 18.2 Å². The lowest BCUT2D eigenvalue weighted by Gasteiger charge is -2.25. The number of aliphatic hydroxyl groups excluding tert-OH is 1. The molecule has 158 valence electrons. The monoisotopic (exact) mass is 434 g/mol. The topological polar surface area (TPSA) is 104 Å². The van der Waals surface area contributed by atoms with Gasteiger partial charge in [0.1, 0.15) is 34.0 Å². The summed E-state index contributed by atoms with van der Waals surface area (Å²) in [7, 11) is 11.5. The maximum atomic E-state index is 12.6. The summed E-state index contributed by atoms with van der Waals surface area (Å²) < 4.78 is 40.0. The molecule has 2 N–H and O–H groups in total. The van der Waals surface area contributed by atoms with Gasteiger partial charge >= 0.3 is 6.80 Å². The van der Waals surface area contributed by atoms with E-state index in [1.165, 1.54) is 0 Å². The van der Waals surface area contributed by atoms with Crippen molar-refractivity contribution in [1.82, 2.24) is 0 Å². The number of hydrogen-bond donors (Lipinski definition) is 2. The molecule has 2 aliphatic heterocycles. The van der Waals surface area contributed by atoms with E-state index in [-0.39, 0.29) is 30.7 Å². The van der Waals surface area contributed by atoms with Gasteiger partial charge in [0.15, 0.2) is 0 Å². The zero-order chi connectivity index (χ0) is 21.1. The Kier molecular flexibility index (Phi) is 9.39. The van der Waals surface area contributed by atoms with Gasteiger partial charge in [-0.3, -0.25) is 4.52 Å². The highest BCUT2D eigenvalue weighted by Crippen LogP contribution is 2.60. The zero-order valence-corrected chi connectivity index (χ0v) is 18.4. The van der Waals surface area contributed by atoms with Crippen molar-refractivity contribution in [1.29, 1.82) is 0 Å². The van der Waals surface area contributed by atoms with E-state index in [9.17, 15) is 14.6 Å². The van der Waals surface area contributed by atoms with E-state index in [0.717, 1.165) is 11.4 Å². The van der Waals surface area contributed by atoms with E-state index in [1.807, 2.05) is 27.7 Å². The van der Waals surface area contributed by atoms with Gasteiger partial charge in [-0.2, -0.15) is 0 Å². The zero-order valence-electron chi connectivity index (χ0n) is 16.7.